The zero-order valence-corrected chi connectivity index (χ0v) is 31.3. The van der Waals surface area contributed by atoms with Crippen LogP contribution in [0.5, 0.6) is 5.75 Å². The van der Waals surface area contributed by atoms with Crippen LogP contribution in [0.25, 0.3) is 0 Å². The van der Waals surface area contributed by atoms with Gasteiger partial charge in [0.15, 0.2) is 34.5 Å². The topological polar surface area (TPSA) is 143 Å². The second-order valence-electron chi connectivity index (χ2n) is 17.6. The summed E-state index contributed by atoms with van der Waals surface area (Å²) in [5.41, 5.74) is -5.28. The molecule has 51 heavy (non-hydrogen) atoms. The van der Waals surface area contributed by atoms with Crippen LogP contribution in [0.15, 0.2) is 18.2 Å². The molecule has 0 amide bonds. The highest BCUT2D eigenvalue weighted by atomic mass is 16.3. The number of hydrogen-bond acceptors (Lipinski definition) is 8. The highest BCUT2D eigenvalue weighted by Crippen LogP contribution is 2.71. The lowest BCUT2D eigenvalue weighted by molar-refractivity contribution is -0.226. The highest BCUT2D eigenvalue weighted by molar-refractivity contribution is 6.33. The molecule has 0 radical (unpaired) electrons. The third-order valence-corrected chi connectivity index (χ3v) is 14.7. The Hall–Kier alpha value is -3.00. The summed E-state index contributed by atoms with van der Waals surface area (Å²) in [6.07, 6.45) is 11.7. The number of benzene rings is 1. The van der Waals surface area contributed by atoms with E-state index in [9.17, 15) is 34.2 Å². The molecule has 5 aliphatic carbocycles. The van der Waals surface area contributed by atoms with E-state index in [0.717, 1.165) is 64.2 Å². The van der Waals surface area contributed by atoms with E-state index in [0.29, 0.717) is 30.2 Å². The minimum absolute atomic E-state index is 0.000918. The van der Waals surface area contributed by atoms with Gasteiger partial charge in [-0.05, 0) is 65.9 Å². The zero-order chi connectivity index (χ0) is 37.0. The van der Waals surface area contributed by atoms with Crippen molar-refractivity contribution in [3.63, 3.8) is 0 Å². The fourth-order valence-corrected chi connectivity index (χ4v) is 12.2. The highest BCUT2D eigenvalue weighted by Gasteiger charge is 2.80. The molecule has 5 aliphatic rings. The summed E-state index contributed by atoms with van der Waals surface area (Å²) in [5, 5.41) is 24.2. The van der Waals surface area contributed by atoms with Gasteiger partial charge in [0.25, 0.3) is 0 Å². The maximum Gasteiger partial charge on any atom is 0.190 e. The first kappa shape index (κ1) is 37.7. The summed E-state index contributed by atoms with van der Waals surface area (Å²) in [6.45, 7) is 8.82. The average molecular weight is 703 g/mol. The average Bonchev–Trinajstić information content (AvgIpc) is 3.62. The molecule has 4 fully saturated rings. The lowest BCUT2D eigenvalue weighted by atomic mass is 9.33. The number of carbonyl (C=O) groups is 6. The Morgan fingerprint density at radius 1 is 0.863 bits per heavy atom. The molecule has 6 rings (SSSR count). The Morgan fingerprint density at radius 2 is 1.47 bits per heavy atom. The van der Waals surface area contributed by atoms with Gasteiger partial charge in [-0.1, -0.05) is 105 Å². The lowest BCUT2D eigenvalue weighted by Gasteiger charge is -2.67. The van der Waals surface area contributed by atoms with E-state index in [1.807, 2.05) is 26.8 Å². The van der Waals surface area contributed by atoms with Gasteiger partial charge >= 0.3 is 0 Å². The van der Waals surface area contributed by atoms with Crippen molar-refractivity contribution in [3.8, 4) is 5.75 Å². The lowest BCUT2D eigenvalue weighted by Crippen LogP contribution is -2.80. The molecule has 2 N–H and O–H groups in total. The summed E-state index contributed by atoms with van der Waals surface area (Å²) in [5.74, 6) is -9.97. The second kappa shape index (κ2) is 14.1. The molecule has 278 valence electrons. The van der Waals surface area contributed by atoms with E-state index in [2.05, 4.69) is 0 Å². The molecule has 1 aromatic carbocycles. The largest absolute Gasteiger partial charge is 0.507 e. The quantitative estimate of drug-likeness (QED) is 0.225. The van der Waals surface area contributed by atoms with Crippen LogP contribution in [-0.4, -0.2) is 50.5 Å². The minimum atomic E-state index is -2.86. The van der Waals surface area contributed by atoms with E-state index in [4.69, 9.17) is 0 Å². The molecule has 0 saturated heterocycles. The number of Topliss-reactive ketones (excluding diaryl/α,β-unsaturated/α-hetero) is 6. The van der Waals surface area contributed by atoms with Crippen LogP contribution >= 0.6 is 0 Å². The van der Waals surface area contributed by atoms with Gasteiger partial charge in [0.05, 0.1) is 11.5 Å². The van der Waals surface area contributed by atoms with Crippen LogP contribution in [0.1, 0.15) is 153 Å². The Bertz CT molecular complexity index is 1600. The third kappa shape index (κ3) is 5.72. The first-order chi connectivity index (χ1) is 24.1. The van der Waals surface area contributed by atoms with Crippen LogP contribution in [0.4, 0.5) is 0 Å². The van der Waals surface area contributed by atoms with Crippen molar-refractivity contribution in [2.45, 2.75) is 142 Å². The Balaban J connectivity index is 1.53. The van der Waals surface area contributed by atoms with Gasteiger partial charge in [-0.25, -0.2) is 0 Å². The third-order valence-electron chi connectivity index (χ3n) is 14.7. The van der Waals surface area contributed by atoms with E-state index >= 15 is 4.79 Å². The number of aliphatic hydroxyl groups is 1. The number of phenolic OH excluding ortho intramolecular Hbond substituents is 1. The number of rotatable bonds is 11. The zero-order valence-electron chi connectivity index (χ0n) is 31.3. The second-order valence-corrected chi connectivity index (χ2v) is 17.6. The molecule has 0 bridgehead atoms. The minimum Gasteiger partial charge on any atom is -0.507 e. The van der Waals surface area contributed by atoms with Gasteiger partial charge in [0.1, 0.15) is 17.5 Å². The van der Waals surface area contributed by atoms with Crippen molar-refractivity contribution in [1.29, 1.82) is 0 Å². The molecule has 0 aromatic heterocycles. The van der Waals surface area contributed by atoms with E-state index < -0.39 is 80.9 Å². The molecule has 4 saturated carbocycles. The fourth-order valence-electron chi connectivity index (χ4n) is 12.2. The first-order valence-electron chi connectivity index (χ1n) is 19.9. The molecule has 3 unspecified atom stereocenters. The van der Waals surface area contributed by atoms with Gasteiger partial charge < -0.3 is 10.2 Å². The van der Waals surface area contributed by atoms with Crippen LogP contribution in [0.3, 0.4) is 0 Å². The van der Waals surface area contributed by atoms with E-state index in [1.165, 1.54) is 6.07 Å². The maximum absolute atomic E-state index is 15.3. The summed E-state index contributed by atoms with van der Waals surface area (Å²) in [6, 6.07) is 4.92. The Kier molecular flexibility index (Phi) is 10.4. The number of hydrogen-bond donors (Lipinski definition) is 2. The van der Waals surface area contributed by atoms with Gasteiger partial charge in [0, 0.05) is 30.6 Å². The number of phenols is 1. The summed E-state index contributed by atoms with van der Waals surface area (Å²) >= 11 is 0. The normalized spacial score (nSPS) is 35.9. The van der Waals surface area contributed by atoms with Crippen molar-refractivity contribution in [2.24, 2.45) is 52.3 Å². The van der Waals surface area contributed by atoms with E-state index in [-0.39, 0.29) is 36.4 Å². The first-order valence-corrected chi connectivity index (χ1v) is 19.9. The smallest absolute Gasteiger partial charge is 0.190 e. The van der Waals surface area contributed by atoms with Gasteiger partial charge in [0.2, 0.25) is 0 Å². The van der Waals surface area contributed by atoms with Crippen LogP contribution in [0, 0.1) is 52.3 Å². The van der Waals surface area contributed by atoms with E-state index in [1.54, 1.807) is 19.9 Å². The number of fused-ring (bicyclic) bond motifs is 3. The predicted molar refractivity (Wildman–Crippen MR) is 192 cm³/mol. The summed E-state index contributed by atoms with van der Waals surface area (Å²) in [4.78, 5) is 87.5. The molecule has 0 heterocycles. The monoisotopic (exact) mass is 702 g/mol. The molecule has 1 aromatic rings. The Labute approximate surface area is 302 Å². The van der Waals surface area contributed by atoms with Gasteiger partial charge in [-0.15, -0.1) is 0 Å². The fraction of sp³-hybridized carbons (Fsp3) is 0.721. The molecule has 8 heteroatoms. The molecular weight excluding hydrogens is 644 g/mol. The van der Waals surface area contributed by atoms with Crippen molar-refractivity contribution < 1.29 is 39.0 Å². The molecule has 0 spiro atoms. The van der Waals surface area contributed by atoms with Crippen LogP contribution in [-0.2, 0) is 24.0 Å². The standard InChI is InChI=1S/C43H58O8/c1-6-27(44)23-32-41(4)29(21-19-25-15-10-11-16-25)28-17-12-18-30(45)33(28)37(47)36(41)40(50)43(51)39(49)34(38(48)35(24(2)3)42(32,43)5)31(46)22-20-26-13-8-7-9-14-26/h12,17-18,24-26,29,32,34-36,45,51H,6-11,13-16,19-23H2,1-5H3/t29-,32-,34?,35?,36?,41-,42-,43+/m1/s1. The van der Waals surface area contributed by atoms with Crippen LogP contribution < -0.4 is 0 Å². The van der Waals surface area contributed by atoms with Crippen molar-refractivity contribution in [2.75, 3.05) is 0 Å². The molecule has 8 atom stereocenters. The number of carbonyl (C=O) groups excluding carboxylic acids is 6. The van der Waals surface area contributed by atoms with Crippen molar-refractivity contribution >= 4 is 34.7 Å². The molecule has 0 aliphatic heterocycles. The SMILES string of the molecule is CCC(=O)C[C@@H]1[C@]2(C)C(C(=O)c3c(O)cccc3[C@H]2CCC2CCCC2)C(=O)[C@@]2(O)C(=O)C(C(=O)CCC3CCCCC3)C(=O)C(C(C)C)[C@@]12C. The maximum atomic E-state index is 15.3. The van der Waals surface area contributed by atoms with Gasteiger partial charge in [-0.3, -0.25) is 28.8 Å². The van der Waals surface area contributed by atoms with Crippen molar-refractivity contribution in [1.82, 2.24) is 0 Å². The summed E-state index contributed by atoms with van der Waals surface area (Å²) in [7, 11) is 0. The molecule has 8 nitrogen and oxygen atoms in total. The van der Waals surface area contributed by atoms with Crippen molar-refractivity contribution in [3.05, 3.63) is 29.3 Å². The summed E-state index contributed by atoms with van der Waals surface area (Å²) < 4.78 is 0. The van der Waals surface area contributed by atoms with Gasteiger partial charge in [-0.2, -0.15) is 0 Å². The molecular formula is C43H58O8. The van der Waals surface area contributed by atoms with Crippen LogP contribution in [0.2, 0.25) is 0 Å². The Morgan fingerprint density at radius 3 is 2.08 bits per heavy atom. The number of aromatic hydroxyl groups is 1. The number of ketones is 6. The predicted octanol–water partition coefficient (Wildman–Crippen LogP) is 7.54.